The molecular formula is C24H25F3N4O4. The SMILES string of the molecule is COc1ccc(CN2C(=O)C3CCCNC3N(CC(=O)Nc3ccccc3C(F)(F)F)C2=O)cc1. The van der Waals surface area contributed by atoms with Crippen molar-refractivity contribution in [2.24, 2.45) is 5.92 Å². The number of para-hydroxylation sites is 1. The second-order valence-electron chi connectivity index (χ2n) is 8.42. The highest BCUT2D eigenvalue weighted by Crippen LogP contribution is 2.35. The largest absolute Gasteiger partial charge is 0.497 e. The summed E-state index contributed by atoms with van der Waals surface area (Å²) in [6.07, 6.45) is -4.11. The van der Waals surface area contributed by atoms with Crippen molar-refractivity contribution in [3.63, 3.8) is 0 Å². The molecular weight excluding hydrogens is 465 g/mol. The number of rotatable bonds is 6. The van der Waals surface area contributed by atoms with E-state index in [0.29, 0.717) is 24.3 Å². The fourth-order valence-electron chi connectivity index (χ4n) is 4.44. The van der Waals surface area contributed by atoms with Crippen molar-refractivity contribution in [3.05, 3.63) is 59.7 Å². The number of amides is 4. The lowest BCUT2D eigenvalue weighted by molar-refractivity contribution is -0.143. The number of urea groups is 1. The number of hydrogen-bond donors (Lipinski definition) is 2. The van der Waals surface area contributed by atoms with Crippen LogP contribution in [0.4, 0.5) is 23.7 Å². The molecule has 2 aromatic carbocycles. The Kier molecular flexibility index (Phi) is 6.97. The van der Waals surface area contributed by atoms with Crippen LogP contribution in [0.3, 0.4) is 0 Å². The van der Waals surface area contributed by atoms with E-state index in [4.69, 9.17) is 4.74 Å². The normalized spacial score (nSPS) is 20.5. The van der Waals surface area contributed by atoms with Crippen molar-refractivity contribution in [2.45, 2.75) is 31.7 Å². The van der Waals surface area contributed by atoms with Gasteiger partial charge in [-0.3, -0.25) is 24.7 Å². The molecule has 35 heavy (non-hydrogen) atoms. The number of nitrogens with one attached hydrogen (secondary N) is 2. The number of piperidine rings is 1. The summed E-state index contributed by atoms with van der Waals surface area (Å²) >= 11 is 0. The quantitative estimate of drug-likeness (QED) is 0.648. The van der Waals surface area contributed by atoms with E-state index >= 15 is 0 Å². The van der Waals surface area contributed by atoms with Crippen molar-refractivity contribution in [1.82, 2.24) is 15.1 Å². The monoisotopic (exact) mass is 490 g/mol. The van der Waals surface area contributed by atoms with Gasteiger partial charge in [-0.05, 0) is 49.2 Å². The van der Waals surface area contributed by atoms with Crippen LogP contribution in [0, 0.1) is 5.92 Å². The van der Waals surface area contributed by atoms with E-state index in [0.717, 1.165) is 23.5 Å². The van der Waals surface area contributed by atoms with Crippen LogP contribution in [-0.4, -0.2) is 54.0 Å². The fraction of sp³-hybridized carbons (Fsp3) is 0.375. The number of methoxy groups -OCH3 is 1. The molecule has 2 fully saturated rings. The Bertz CT molecular complexity index is 1110. The minimum Gasteiger partial charge on any atom is -0.497 e. The predicted molar refractivity (Wildman–Crippen MR) is 120 cm³/mol. The summed E-state index contributed by atoms with van der Waals surface area (Å²) in [5, 5.41) is 5.39. The first kappa shape index (κ1) is 24.5. The zero-order chi connectivity index (χ0) is 25.2. The topological polar surface area (TPSA) is 91.0 Å². The van der Waals surface area contributed by atoms with E-state index in [1.807, 2.05) is 0 Å². The molecule has 0 aromatic heterocycles. The minimum atomic E-state index is -4.65. The summed E-state index contributed by atoms with van der Waals surface area (Å²) in [6.45, 7) is 0.0424. The van der Waals surface area contributed by atoms with Crippen LogP contribution in [0.1, 0.15) is 24.0 Å². The summed E-state index contributed by atoms with van der Waals surface area (Å²) in [6, 6.07) is 10.8. The lowest BCUT2D eigenvalue weighted by atomic mass is 9.91. The van der Waals surface area contributed by atoms with E-state index in [9.17, 15) is 27.6 Å². The third-order valence-corrected chi connectivity index (χ3v) is 6.14. The highest BCUT2D eigenvalue weighted by Gasteiger charge is 2.47. The maximum absolute atomic E-state index is 13.3. The number of alkyl halides is 3. The molecule has 0 saturated carbocycles. The molecule has 0 spiro atoms. The molecule has 186 valence electrons. The molecule has 0 radical (unpaired) electrons. The van der Waals surface area contributed by atoms with Crippen molar-refractivity contribution in [1.29, 1.82) is 0 Å². The average molecular weight is 490 g/mol. The Morgan fingerprint density at radius 3 is 2.54 bits per heavy atom. The molecule has 2 saturated heterocycles. The fourth-order valence-corrected chi connectivity index (χ4v) is 4.44. The van der Waals surface area contributed by atoms with Crippen LogP contribution in [0.2, 0.25) is 0 Å². The Morgan fingerprint density at radius 2 is 1.86 bits per heavy atom. The standard InChI is InChI=1S/C24H25F3N4O4/c1-35-16-10-8-15(9-11-16)13-31-22(33)17-5-4-12-28-21(17)30(23(31)34)14-20(32)29-19-7-3-2-6-18(19)24(25,26)27/h2-3,6-11,17,21,28H,4-5,12-14H2,1H3,(H,29,32). The minimum absolute atomic E-state index is 0.0000921. The van der Waals surface area contributed by atoms with Gasteiger partial charge < -0.3 is 10.1 Å². The lowest BCUT2D eigenvalue weighted by Crippen LogP contribution is -2.68. The number of carbonyl (C=O) groups is 3. The zero-order valence-corrected chi connectivity index (χ0v) is 19.0. The van der Waals surface area contributed by atoms with Gasteiger partial charge >= 0.3 is 12.2 Å². The van der Waals surface area contributed by atoms with Gasteiger partial charge in [0.2, 0.25) is 11.8 Å². The van der Waals surface area contributed by atoms with Crippen LogP contribution < -0.4 is 15.4 Å². The molecule has 2 aromatic rings. The van der Waals surface area contributed by atoms with Crippen molar-refractivity contribution in [2.75, 3.05) is 25.5 Å². The van der Waals surface area contributed by atoms with E-state index in [-0.39, 0.29) is 12.5 Å². The maximum Gasteiger partial charge on any atom is 0.418 e. The van der Waals surface area contributed by atoms with Crippen molar-refractivity contribution >= 4 is 23.5 Å². The molecule has 2 atom stereocenters. The maximum atomic E-state index is 13.3. The van der Waals surface area contributed by atoms with Crippen LogP contribution in [0.5, 0.6) is 5.75 Å². The molecule has 4 rings (SSSR count). The van der Waals surface area contributed by atoms with E-state index in [2.05, 4.69) is 10.6 Å². The van der Waals surface area contributed by atoms with Gasteiger partial charge in [0.25, 0.3) is 0 Å². The molecule has 0 bridgehead atoms. The van der Waals surface area contributed by atoms with Gasteiger partial charge in [-0.1, -0.05) is 24.3 Å². The number of benzene rings is 2. The highest BCUT2D eigenvalue weighted by molar-refractivity contribution is 6.01. The molecule has 2 heterocycles. The van der Waals surface area contributed by atoms with Crippen molar-refractivity contribution < 1.29 is 32.3 Å². The number of nitrogens with zero attached hydrogens (tertiary/aromatic N) is 2. The number of ether oxygens (including phenoxy) is 1. The summed E-state index contributed by atoms with van der Waals surface area (Å²) in [7, 11) is 1.53. The van der Waals surface area contributed by atoms with Gasteiger partial charge in [0.1, 0.15) is 12.3 Å². The second-order valence-corrected chi connectivity index (χ2v) is 8.42. The summed E-state index contributed by atoms with van der Waals surface area (Å²) in [5.74, 6) is -1.07. The molecule has 2 aliphatic heterocycles. The lowest BCUT2D eigenvalue weighted by Gasteiger charge is -2.46. The van der Waals surface area contributed by atoms with Crippen LogP contribution in [0.15, 0.2) is 48.5 Å². The third kappa shape index (κ3) is 5.24. The molecule has 2 aliphatic rings. The average Bonchev–Trinajstić information content (AvgIpc) is 2.84. The predicted octanol–water partition coefficient (Wildman–Crippen LogP) is 3.44. The second kappa shape index (κ2) is 9.95. The van der Waals surface area contributed by atoms with Gasteiger partial charge in [0.15, 0.2) is 0 Å². The molecule has 2 unspecified atom stereocenters. The zero-order valence-electron chi connectivity index (χ0n) is 19.0. The highest BCUT2D eigenvalue weighted by atomic mass is 19.4. The summed E-state index contributed by atoms with van der Waals surface area (Å²) in [5.41, 5.74) is -0.685. The molecule has 2 N–H and O–H groups in total. The molecule has 0 aliphatic carbocycles. The van der Waals surface area contributed by atoms with E-state index in [1.165, 1.54) is 24.1 Å². The van der Waals surface area contributed by atoms with Crippen LogP contribution in [-0.2, 0) is 22.3 Å². The van der Waals surface area contributed by atoms with Crippen LogP contribution >= 0.6 is 0 Å². The smallest absolute Gasteiger partial charge is 0.418 e. The molecule has 8 nitrogen and oxygen atoms in total. The Morgan fingerprint density at radius 1 is 1.14 bits per heavy atom. The van der Waals surface area contributed by atoms with Gasteiger partial charge in [-0.15, -0.1) is 0 Å². The number of imide groups is 1. The first-order valence-corrected chi connectivity index (χ1v) is 11.1. The Balaban J connectivity index is 1.55. The van der Waals surface area contributed by atoms with Gasteiger partial charge in [-0.25, -0.2) is 4.79 Å². The van der Waals surface area contributed by atoms with E-state index < -0.39 is 48.0 Å². The number of anilines is 1. The Labute approximate surface area is 200 Å². The van der Waals surface area contributed by atoms with Gasteiger partial charge in [0.05, 0.1) is 37.0 Å². The number of hydrogen-bond acceptors (Lipinski definition) is 5. The third-order valence-electron chi connectivity index (χ3n) is 6.14. The summed E-state index contributed by atoms with van der Waals surface area (Å²) in [4.78, 5) is 41.6. The van der Waals surface area contributed by atoms with Gasteiger partial charge in [0, 0.05) is 0 Å². The summed E-state index contributed by atoms with van der Waals surface area (Å²) < 4.78 is 45.1. The first-order chi connectivity index (χ1) is 16.7. The van der Waals surface area contributed by atoms with Gasteiger partial charge in [-0.2, -0.15) is 13.2 Å². The van der Waals surface area contributed by atoms with Crippen molar-refractivity contribution in [3.8, 4) is 5.75 Å². The van der Waals surface area contributed by atoms with Crippen LogP contribution in [0.25, 0.3) is 0 Å². The molecule has 11 heteroatoms. The molecule has 4 amide bonds. The number of fused-ring (bicyclic) bond motifs is 1. The first-order valence-electron chi connectivity index (χ1n) is 11.1. The van der Waals surface area contributed by atoms with E-state index in [1.54, 1.807) is 24.3 Å². The number of carbonyl (C=O) groups excluding carboxylic acids is 3. The Hall–Kier alpha value is -3.60. The number of halogens is 3.